The maximum absolute atomic E-state index is 13.2. The van der Waals surface area contributed by atoms with E-state index in [1.54, 1.807) is 37.9 Å². The van der Waals surface area contributed by atoms with Gasteiger partial charge in [-0.3, -0.25) is 14.5 Å². The first-order valence-corrected chi connectivity index (χ1v) is 9.84. The van der Waals surface area contributed by atoms with Gasteiger partial charge in [-0.25, -0.2) is 8.78 Å². The van der Waals surface area contributed by atoms with Crippen LogP contribution in [0, 0.1) is 25.5 Å². The number of carbonyl (C=O) groups excluding carboxylic acids is 2. The molecule has 0 bridgehead atoms. The molecule has 0 heterocycles. The predicted octanol–water partition coefficient (Wildman–Crippen LogP) is 3.71. The third kappa shape index (κ3) is 8.68. The van der Waals surface area contributed by atoms with Gasteiger partial charge in [-0.1, -0.05) is 12.1 Å². The summed E-state index contributed by atoms with van der Waals surface area (Å²) in [5.41, 5.74) is 1.91. The fraction of sp³-hybridized carbons (Fsp3) is 0.364. The highest BCUT2D eigenvalue weighted by Crippen LogP contribution is 2.27. The van der Waals surface area contributed by atoms with Crippen LogP contribution < -0.4 is 15.4 Å². The summed E-state index contributed by atoms with van der Waals surface area (Å²) < 4.78 is 68.2. The molecule has 0 aromatic heterocycles. The Kier molecular flexibility index (Phi) is 8.75. The van der Waals surface area contributed by atoms with Gasteiger partial charge in [0.25, 0.3) is 0 Å². The molecule has 6 nitrogen and oxygen atoms in total. The molecular formula is C22H24F5N3O3. The Labute approximate surface area is 187 Å². The Morgan fingerprint density at radius 3 is 2.21 bits per heavy atom. The number of amides is 2. The van der Waals surface area contributed by atoms with Crippen molar-refractivity contribution in [3.63, 3.8) is 0 Å². The maximum Gasteiger partial charge on any atom is 0.422 e. The van der Waals surface area contributed by atoms with Crippen molar-refractivity contribution < 1.29 is 36.3 Å². The monoisotopic (exact) mass is 473 g/mol. The Bertz CT molecular complexity index is 988. The first-order valence-electron chi connectivity index (χ1n) is 9.84. The van der Waals surface area contributed by atoms with Crippen molar-refractivity contribution >= 4 is 17.5 Å². The third-order valence-electron chi connectivity index (χ3n) is 4.42. The van der Waals surface area contributed by atoms with Gasteiger partial charge >= 0.3 is 6.18 Å². The molecule has 2 N–H and O–H groups in total. The zero-order valence-electron chi connectivity index (χ0n) is 18.3. The zero-order valence-corrected chi connectivity index (χ0v) is 18.3. The number of halogens is 5. The van der Waals surface area contributed by atoms with Gasteiger partial charge in [-0.05, 0) is 49.7 Å². The van der Waals surface area contributed by atoms with Crippen LogP contribution in [0.2, 0.25) is 0 Å². The number of anilines is 1. The predicted molar refractivity (Wildman–Crippen MR) is 112 cm³/mol. The summed E-state index contributed by atoms with van der Waals surface area (Å²) in [4.78, 5) is 25.6. The van der Waals surface area contributed by atoms with E-state index in [-0.39, 0.29) is 24.5 Å². The van der Waals surface area contributed by atoms with Gasteiger partial charge < -0.3 is 15.4 Å². The molecule has 2 aromatic carbocycles. The lowest BCUT2D eigenvalue weighted by Crippen LogP contribution is -2.39. The number of likely N-dealkylation sites (N-methyl/N-ethyl adjacent to an activating group) is 1. The Morgan fingerprint density at radius 1 is 1.00 bits per heavy atom. The number of carbonyl (C=O) groups is 2. The normalized spacial score (nSPS) is 11.4. The van der Waals surface area contributed by atoms with Crippen molar-refractivity contribution in [3.05, 3.63) is 58.7 Å². The van der Waals surface area contributed by atoms with Crippen LogP contribution in [0.3, 0.4) is 0 Å². The van der Waals surface area contributed by atoms with Gasteiger partial charge in [-0.15, -0.1) is 0 Å². The highest BCUT2D eigenvalue weighted by Gasteiger charge is 2.29. The highest BCUT2D eigenvalue weighted by molar-refractivity contribution is 5.94. The van der Waals surface area contributed by atoms with Crippen LogP contribution >= 0.6 is 0 Å². The second-order valence-corrected chi connectivity index (χ2v) is 7.59. The maximum atomic E-state index is 13.2. The first-order chi connectivity index (χ1) is 15.3. The average molecular weight is 473 g/mol. The summed E-state index contributed by atoms with van der Waals surface area (Å²) >= 11 is 0. The summed E-state index contributed by atoms with van der Waals surface area (Å²) in [6.45, 7) is 1.81. The standard InChI is InChI=1S/C22H24F5N3O3/c1-13-6-15(7-14(2)21(13)33-12-22(25,26)27)10-30(3)11-20(32)28-9-19(31)29-16-4-5-17(23)18(24)8-16/h4-8H,9-12H2,1-3H3,(H,28,32)(H,29,31). The molecule has 0 unspecified atom stereocenters. The summed E-state index contributed by atoms with van der Waals surface area (Å²) in [5.74, 6) is -3.04. The molecule has 2 rings (SSSR count). The number of alkyl halides is 3. The lowest BCUT2D eigenvalue weighted by atomic mass is 10.1. The SMILES string of the molecule is Cc1cc(CN(C)CC(=O)NCC(=O)Nc2ccc(F)c(F)c2)cc(C)c1OCC(F)(F)F. The van der Waals surface area contributed by atoms with Crippen molar-refractivity contribution in [2.24, 2.45) is 0 Å². The number of hydrogen-bond donors (Lipinski definition) is 2. The quantitative estimate of drug-likeness (QED) is 0.545. The molecule has 11 heteroatoms. The lowest BCUT2D eigenvalue weighted by Gasteiger charge is -2.19. The number of benzene rings is 2. The Hall–Kier alpha value is -3.21. The van der Waals surface area contributed by atoms with Crippen LogP contribution in [0.1, 0.15) is 16.7 Å². The van der Waals surface area contributed by atoms with Crippen LogP contribution in [-0.2, 0) is 16.1 Å². The van der Waals surface area contributed by atoms with Gasteiger partial charge in [0.05, 0.1) is 13.1 Å². The summed E-state index contributed by atoms with van der Waals surface area (Å²) in [6.07, 6.45) is -4.43. The van der Waals surface area contributed by atoms with E-state index >= 15 is 0 Å². The minimum absolute atomic E-state index is 0.0527. The van der Waals surface area contributed by atoms with E-state index in [9.17, 15) is 31.5 Å². The number of hydrogen-bond acceptors (Lipinski definition) is 4. The van der Waals surface area contributed by atoms with Crippen molar-refractivity contribution in [3.8, 4) is 5.75 Å². The molecule has 0 aliphatic heterocycles. The molecule has 0 aliphatic carbocycles. The summed E-state index contributed by atoms with van der Waals surface area (Å²) in [6, 6.07) is 6.25. The molecule has 0 radical (unpaired) electrons. The van der Waals surface area contributed by atoms with Gasteiger partial charge in [-0.2, -0.15) is 13.2 Å². The first kappa shape index (κ1) is 26.0. The van der Waals surface area contributed by atoms with E-state index in [2.05, 4.69) is 10.6 Å². The molecule has 180 valence electrons. The largest absolute Gasteiger partial charge is 0.484 e. The second-order valence-electron chi connectivity index (χ2n) is 7.59. The van der Waals surface area contributed by atoms with Crippen LogP contribution in [0.5, 0.6) is 5.75 Å². The molecule has 33 heavy (non-hydrogen) atoms. The second kappa shape index (κ2) is 11.1. The molecule has 0 saturated carbocycles. The topological polar surface area (TPSA) is 70.7 Å². The van der Waals surface area contributed by atoms with Crippen LogP contribution in [-0.4, -0.2) is 49.6 Å². The molecular weight excluding hydrogens is 449 g/mol. The molecule has 2 aromatic rings. The molecule has 0 atom stereocenters. The molecule has 0 spiro atoms. The number of nitrogens with zero attached hydrogens (tertiary/aromatic N) is 1. The van der Waals surface area contributed by atoms with Crippen LogP contribution in [0.4, 0.5) is 27.6 Å². The van der Waals surface area contributed by atoms with E-state index in [1.165, 1.54) is 6.07 Å². The molecule has 0 aliphatic rings. The lowest BCUT2D eigenvalue weighted by molar-refractivity contribution is -0.153. The fourth-order valence-corrected chi connectivity index (χ4v) is 3.14. The van der Waals surface area contributed by atoms with E-state index in [0.29, 0.717) is 17.7 Å². The minimum atomic E-state index is -4.43. The number of aryl methyl sites for hydroxylation is 2. The third-order valence-corrected chi connectivity index (χ3v) is 4.42. The van der Waals surface area contributed by atoms with Crippen molar-refractivity contribution in [2.75, 3.05) is 32.1 Å². The number of nitrogens with one attached hydrogen (secondary N) is 2. The minimum Gasteiger partial charge on any atom is -0.484 e. The van der Waals surface area contributed by atoms with E-state index in [0.717, 1.165) is 17.7 Å². The fourth-order valence-electron chi connectivity index (χ4n) is 3.14. The van der Waals surface area contributed by atoms with Crippen LogP contribution in [0.25, 0.3) is 0 Å². The van der Waals surface area contributed by atoms with E-state index in [4.69, 9.17) is 4.74 Å². The van der Waals surface area contributed by atoms with Crippen molar-refractivity contribution in [1.29, 1.82) is 0 Å². The summed E-state index contributed by atoms with van der Waals surface area (Å²) in [7, 11) is 1.67. The molecule has 2 amide bonds. The zero-order chi connectivity index (χ0) is 24.8. The molecule has 0 saturated heterocycles. The van der Waals surface area contributed by atoms with Crippen molar-refractivity contribution in [1.82, 2.24) is 10.2 Å². The van der Waals surface area contributed by atoms with Crippen molar-refractivity contribution in [2.45, 2.75) is 26.6 Å². The van der Waals surface area contributed by atoms with Crippen LogP contribution in [0.15, 0.2) is 30.3 Å². The Balaban J connectivity index is 1.83. The summed E-state index contributed by atoms with van der Waals surface area (Å²) in [5, 5.41) is 4.76. The van der Waals surface area contributed by atoms with E-state index in [1.807, 2.05) is 0 Å². The highest BCUT2D eigenvalue weighted by atomic mass is 19.4. The average Bonchev–Trinajstić information content (AvgIpc) is 2.67. The number of rotatable bonds is 9. The number of ether oxygens (including phenoxy) is 1. The molecule has 0 fully saturated rings. The smallest absolute Gasteiger partial charge is 0.422 e. The van der Waals surface area contributed by atoms with Gasteiger partial charge in [0.15, 0.2) is 18.2 Å². The van der Waals surface area contributed by atoms with Gasteiger partial charge in [0.1, 0.15) is 5.75 Å². The van der Waals surface area contributed by atoms with Gasteiger partial charge in [0, 0.05) is 18.3 Å². The van der Waals surface area contributed by atoms with Gasteiger partial charge in [0.2, 0.25) is 11.8 Å². The Morgan fingerprint density at radius 2 is 1.64 bits per heavy atom. The van der Waals surface area contributed by atoms with E-state index < -0.39 is 36.2 Å².